The predicted octanol–water partition coefficient (Wildman–Crippen LogP) is -0.0606. The van der Waals surface area contributed by atoms with Gasteiger partial charge in [-0.25, -0.2) is 4.79 Å². The molecule has 1 rings (SSSR count). The van der Waals surface area contributed by atoms with Crippen LogP contribution >= 0.6 is 0 Å². The third kappa shape index (κ3) is 5.16. The highest BCUT2D eigenvalue weighted by Gasteiger charge is 2.32. The molecule has 0 bridgehead atoms. The molecule has 1 aliphatic heterocycles. The zero-order chi connectivity index (χ0) is 15.0. The minimum Gasteiger partial charge on any atom is -0.396 e. The molecule has 7 nitrogen and oxygen atoms in total. The number of hydrogen-bond donors (Lipinski definition) is 2. The number of amides is 4. The number of urea groups is 1. The number of aliphatic hydroxyl groups is 1. The van der Waals surface area contributed by atoms with Gasteiger partial charge in [0.2, 0.25) is 11.8 Å². The van der Waals surface area contributed by atoms with E-state index in [1.807, 2.05) is 0 Å². The summed E-state index contributed by atoms with van der Waals surface area (Å²) in [5.74, 6) is -0.275. The lowest BCUT2D eigenvalue weighted by atomic mass is 10.2. The van der Waals surface area contributed by atoms with Crippen LogP contribution in [-0.4, -0.2) is 66.0 Å². The van der Waals surface area contributed by atoms with Crippen molar-refractivity contribution in [3.8, 4) is 0 Å². The molecule has 1 aliphatic rings. The van der Waals surface area contributed by atoms with E-state index < -0.39 is 0 Å². The van der Waals surface area contributed by atoms with Crippen LogP contribution in [0.25, 0.3) is 0 Å². The fourth-order valence-electron chi connectivity index (χ4n) is 2.02. The Morgan fingerprint density at radius 2 is 2.00 bits per heavy atom. The molecule has 0 atom stereocenters. The predicted molar refractivity (Wildman–Crippen MR) is 72.9 cm³/mol. The normalized spacial score (nSPS) is 15.1. The summed E-state index contributed by atoms with van der Waals surface area (Å²) in [7, 11) is 1.58. The van der Waals surface area contributed by atoms with E-state index in [2.05, 4.69) is 5.32 Å². The number of carbonyl (C=O) groups excluding carboxylic acids is 3. The lowest BCUT2D eigenvalue weighted by molar-refractivity contribution is -0.126. The number of nitrogens with zero attached hydrogens (tertiary/aromatic N) is 2. The van der Waals surface area contributed by atoms with Crippen molar-refractivity contribution in [3.63, 3.8) is 0 Å². The van der Waals surface area contributed by atoms with Crippen LogP contribution in [0.5, 0.6) is 0 Å². The zero-order valence-corrected chi connectivity index (χ0v) is 11.9. The SMILES string of the molecule is CN1CC(=O)N(CCCC(=O)NCCCCCO)C1=O. The Kier molecular flexibility index (Phi) is 7.00. The first-order chi connectivity index (χ1) is 9.56. The summed E-state index contributed by atoms with van der Waals surface area (Å²) in [6.45, 7) is 1.19. The summed E-state index contributed by atoms with van der Waals surface area (Å²) in [5, 5.41) is 11.4. The Morgan fingerprint density at radius 1 is 1.25 bits per heavy atom. The molecule has 7 heteroatoms. The topological polar surface area (TPSA) is 90.0 Å². The molecule has 20 heavy (non-hydrogen) atoms. The maximum absolute atomic E-state index is 11.6. The Labute approximate surface area is 118 Å². The lowest BCUT2D eigenvalue weighted by Gasteiger charge is -2.13. The Hall–Kier alpha value is -1.63. The van der Waals surface area contributed by atoms with Crippen molar-refractivity contribution in [2.24, 2.45) is 0 Å². The summed E-state index contributed by atoms with van der Waals surface area (Å²) in [5.41, 5.74) is 0. The van der Waals surface area contributed by atoms with E-state index >= 15 is 0 Å². The van der Waals surface area contributed by atoms with Gasteiger partial charge in [-0.3, -0.25) is 14.5 Å². The third-order valence-corrected chi connectivity index (χ3v) is 3.17. The second-order valence-corrected chi connectivity index (χ2v) is 4.92. The second kappa shape index (κ2) is 8.52. The summed E-state index contributed by atoms with van der Waals surface area (Å²) < 4.78 is 0. The lowest BCUT2D eigenvalue weighted by Crippen LogP contribution is -2.33. The summed E-state index contributed by atoms with van der Waals surface area (Å²) >= 11 is 0. The molecule has 114 valence electrons. The van der Waals surface area contributed by atoms with Gasteiger partial charge in [0.15, 0.2) is 0 Å². The molecule has 0 aromatic heterocycles. The molecule has 0 spiro atoms. The Bertz CT molecular complexity index is 360. The zero-order valence-electron chi connectivity index (χ0n) is 11.9. The van der Waals surface area contributed by atoms with E-state index in [1.54, 1.807) is 7.05 Å². The van der Waals surface area contributed by atoms with Crippen molar-refractivity contribution in [3.05, 3.63) is 0 Å². The van der Waals surface area contributed by atoms with Crippen LogP contribution in [0.15, 0.2) is 0 Å². The monoisotopic (exact) mass is 285 g/mol. The first-order valence-electron chi connectivity index (χ1n) is 6.99. The number of carbonyl (C=O) groups is 3. The van der Waals surface area contributed by atoms with Gasteiger partial charge >= 0.3 is 6.03 Å². The second-order valence-electron chi connectivity index (χ2n) is 4.92. The Morgan fingerprint density at radius 3 is 2.60 bits per heavy atom. The number of unbranched alkanes of at least 4 members (excludes halogenated alkanes) is 2. The van der Waals surface area contributed by atoms with Crippen LogP contribution in [-0.2, 0) is 9.59 Å². The summed E-state index contributed by atoms with van der Waals surface area (Å²) in [6.07, 6.45) is 3.28. The maximum atomic E-state index is 11.6. The van der Waals surface area contributed by atoms with Gasteiger partial charge in [-0.2, -0.15) is 0 Å². The van der Waals surface area contributed by atoms with Gasteiger partial charge < -0.3 is 15.3 Å². The number of imide groups is 1. The molecule has 1 heterocycles. The molecule has 0 aliphatic carbocycles. The van der Waals surface area contributed by atoms with Crippen molar-refractivity contribution in [2.45, 2.75) is 32.1 Å². The van der Waals surface area contributed by atoms with E-state index in [0.29, 0.717) is 25.9 Å². The van der Waals surface area contributed by atoms with Crippen LogP contribution < -0.4 is 5.32 Å². The van der Waals surface area contributed by atoms with Gasteiger partial charge in [-0.1, -0.05) is 0 Å². The molecule has 4 amide bonds. The Balaban J connectivity index is 2.10. The minimum absolute atomic E-state index is 0.0681. The third-order valence-electron chi connectivity index (χ3n) is 3.17. The number of hydrogen-bond acceptors (Lipinski definition) is 4. The maximum Gasteiger partial charge on any atom is 0.326 e. The molecule has 0 aromatic rings. The fraction of sp³-hybridized carbons (Fsp3) is 0.769. The average molecular weight is 285 g/mol. The minimum atomic E-state index is -0.292. The van der Waals surface area contributed by atoms with Crippen molar-refractivity contribution in [1.29, 1.82) is 0 Å². The van der Waals surface area contributed by atoms with E-state index in [-0.39, 0.29) is 31.0 Å². The number of nitrogens with one attached hydrogen (secondary N) is 1. The molecule has 0 unspecified atom stereocenters. The van der Waals surface area contributed by atoms with E-state index in [9.17, 15) is 14.4 Å². The fourth-order valence-corrected chi connectivity index (χ4v) is 2.02. The first kappa shape index (κ1) is 16.4. The largest absolute Gasteiger partial charge is 0.396 e. The van der Waals surface area contributed by atoms with Gasteiger partial charge in [-0.15, -0.1) is 0 Å². The van der Waals surface area contributed by atoms with Crippen LogP contribution in [0.2, 0.25) is 0 Å². The molecule has 0 radical (unpaired) electrons. The van der Waals surface area contributed by atoms with Gasteiger partial charge in [-0.05, 0) is 25.7 Å². The highest BCUT2D eigenvalue weighted by molar-refractivity contribution is 6.01. The first-order valence-corrected chi connectivity index (χ1v) is 6.99. The van der Waals surface area contributed by atoms with Crippen LogP contribution in [0.3, 0.4) is 0 Å². The highest BCUT2D eigenvalue weighted by Crippen LogP contribution is 2.09. The van der Waals surface area contributed by atoms with Gasteiger partial charge in [0.25, 0.3) is 0 Å². The van der Waals surface area contributed by atoms with Crippen molar-refractivity contribution in [1.82, 2.24) is 15.1 Å². The number of aliphatic hydroxyl groups excluding tert-OH is 1. The van der Waals surface area contributed by atoms with E-state index in [0.717, 1.165) is 19.3 Å². The summed E-state index contributed by atoms with van der Waals surface area (Å²) in [4.78, 5) is 37.1. The van der Waals surface area contributed by atoms with Crippen LogP contribution in [0.1, 0.15) is 32.1 Å². The molecule has 2 N–H and O–H groups in total. The molecular weight excluding hydrogens is 262 g/mol. The van der Waals surface area contributed by atoms with E-state index in [4.69, 9.17) is 5.11 Å². The molecular formula is C13H23N3O4. The van der Waals surface area contributed by atoms with Crippen molar-refractivity contribution < 1.29 is 19.5 Å². The van der Waals surface area contributed by atoms with Gasteiger partial charge in [0.05, 0.1) is 0 Å². The van der Waals surface area contributed by atoms with E-state index in [1.165, 1.54) is 9.80 Å². The summed E-state index contributed by atoms with van der Waals surface area (Å²) in [6, 6.07) is -0.292. The van der Waals surface area contributed by atoms with Crippen molar-refractivity contribution in [2.75, 3.05) is 33.3 Å². The van der Waals surface area contributed by atoms with Gasteiger partial charge in [0, 0.05) is 33.2 Å². The quantitative estimate of drug-likeness (QED) is 0.459. The molecule has 0 saturated carbocycles. The highest BCUT2D eigenvalue weighted by atomic mass is 16.3. The molecule has 1 fully saturated rings. The molecule has 1 saturated heterocycles. The standard InChI is InChI=1S/C13H23N3O4/c1-15-10-12(19)16(13(15)20)8-5-6-11(18)14-7-3-2-4-9-17/h17H,2-10H2,1H3,(H,14,18). The average Bonchev–Trinajstić information content (AvgIpc) is 2.65. The van der Waals surface area contributed by atoms with Crippen LogP contribution in [0, 0.1) is 0 Å². The number of likely N-dealkylation sites (N-methyl/N-ethyl adjacent to an activating group) is 1. The van der Waals surface area contributed by atoms with Crippen molar-refractivity contribution >= 4 is 17.8 Å². The van der Waals surface area contributed by atoms with Gasteiger partial charge in [0.1, 0.15) is 6.54 Å². The number of rotatable bonds is 9. The smallest absolute Gasteiger partial charge is 0.326 e. The molecule has 0 aromatic carbocycles. The van der Waals surface area contributed by atoms with Crippen LogP contribution in [0.4, 0.5) is 4.79 Å².